The van der Waals surface area contributed by atoms with Crippen LogP contribution in [0.5, 0.6) is 5.75 Å². The van der Waals surface area contributed by atoms with Gasteiger partial charge in [-0.2, -0.15) is 0 Å². The highest BCUT2D eigenvalue weighted by atomic mass is 35.5. The Hall–Kier alpha value is -0.770. The van der Waals surface area contributed by atoms with Gasteiger partial charge in [0, 0.05) is 19.7 Å². The Bertz CT molecular complexity index is 366. The van der Waals surface area contributed by atoms with Crippen molar-refractivity contribution in [1.29, 1.82) is 0 Å². The standard InChI is InChI=1S/C13H20ClNO2/c1-13(2,5-6-16)9-15-8-10-3-4-12(17)11(14)7-10/h3-4,7,15-17H,5-6,8-9H2,1-2H3. The van der Waals surface area contributed by atoms with Gasteiger partial charge in [0.2, 0.25) is 0 Å². The van der Waals surface area contributed by atoms with E-state index < -0.39 is 0 Å². The molecule has 3 nitrogen and oxygen atoms in total. The smallest absolute Gasteiger partial charge is 0.134 e. The van der Waals surface area contributed by atoms with Crippen molar-refractivity contribution < 1.29 is 10.2 Å². The normalized spacial score (nSPS) is 11.8. The first-order valence-electron chi connectivity index (χ1n) is 5.73. The molecule has 0 unspecified atom stereocenters. The molecule has 3 N–H and O–H groups in total. The number of benzene rings is 1. The van der Waals surface area contributed by atoms with Gasteiger partial charge in [0.05, 0.1) is 5.02 Å². The van der Waals surface area contributed by atoms with Gasteiger partial charge in [-0.1, -0.05) is 31.5 Å². The van der Waals surface area contributed by atoms with Gasteiger partial charge in [-0.05, 0) is 29.5 Å². The number of halogens is 1. The molecule has 0 amide bonds. The highest BCUT2D eigenvalue weighted by molar-refractivity contribution is 6.32. The second-order valence-electron chi connectivity index (χ2n) is 5.03. The second-order valence-corrected chi connectivity index (χ2v) is 5.43. The van der Waals surface area contributed by atoms with E-state index in [9.17, 15) is 5.11 Å². The fraction of sp³-hybridized carbons (Fsp3) is 0.538. The maximum absolute atomic E-state index is 9.29. The second kappa shape index (κ2) is 6.24. The van der Waals surface area contributed by atoms with Crippen molar-refractivity contribution in [3.63, 3.8) is 0 Å². The van der Waals surface area contributed by atoms with Gasteiger partial charge in [-0.3, -0.25) is 0 Å². The van der Waals surface area contributed by atoms with Crippen LogP contribution in [0, 0.1) is 5.41 Å². The molecule has 0 heterocycles. The van der Waals surface area contributed by atoms with Crippen LogP contribution in [0.2, 0.25) is 5.02 Å². The van der Waals surface area contributed by atoms with E-state index in [1.807, 2.05) is 6.07 Å². The van der Waals surface area contributed by atoms with Gasteiger partial charge in [0.25, 0.3) is 0 Å². The van der Waals surface area contributed by atoms with Crippen molar-refractivity contribution in [3.8, 4) is 5.75 Å². The molecule has 0 atom stereocenters. The third kappa shape index (κ3) is 4.94. The van der Waals surface area contributed by atoms with Crippen molar-refractivity contribution in [2.24, 2.45) is 5.41 Å². The Labute approximate surface area is 107 Å². The highest BCUT2D eigenvalue weighted by Crippen LogP contribution is 2.24. The fourth-order valence-electron chi connectivity index (χ4n) is 1.60. The first-order valence-corrected chi connectivity index (χ1v) is 6.11. The fourth-order valence-corrected chi connectivity index (χ4v) is 1.80. The van der Waals surface area contributed by atoms with Crippen molar-refractivity contribution in [1.82, 2.24) is 5.32 Å². The van der Waals surface area contributed by atoms with E-state index in [0.717, 1.165) is 18.5 Å². The summed E-state index contributed by atoms with van der Waals surface area (Å²) in [6, 6.07) is 5.19. The monoisotopic (exact) mass is 257 g/mol. The average Bonchev–Trinajstić information content (AvgIpc) is 2.23. The number of aromatic hydroxyl groups is 1. The summed E-state index contributed by atoms with van der Waals surface area (Å²) in [7, 11) is 0. The first kappa shape index (κ1) is 14.3. The minimum Gasteiger partial charge on any atom is -0.506 e. The average molecular weight is 258 g/mol. The molecule has 1 rings (SSSR count). The van der Waals surface area contributed by atoms with Crippen LogP contribution in [0.25, 0.3) is 0 Å². The van der Waals surface area contributed by atoms with E-state index in [2.05, 4.69) is 19.2 Å². The van der Waals surface area contributed by atoms with Crippen LogP contribution < -0.4 is 5.32 Å². The van der Waals surface area contributed by atoms with E-state index in [-0.39, 0.29) is 17.8 Å². The molecule has 17 heavy (non-hydrogen) atoms. The summed E-state index contributed by atoms with van der Waals surface area (Å²) in [6.45, 7) is 5.96. The number of phenolic OH excluding ortho intramolecular Hbond substituents is 1. The molecule has 0 fully saturated rings. The number of nitrogens with one attached hydrogen (secondary N) is 1. The highest BCUT2D eigenvalue weighted by Gasteiger charge is 2.16. The Balaban J connectivity index is 2.43. The van der Waals surface area contributed by atoms with Crippen LogP contribution in [0.4, 0.5) is 0 Å². The summed E-state index contributed by atoms with van der Waals surface area (Å²) in [4.78, 5) is 0. The molecule has 0 bridgehead atoms. The van der Waals surface area contributed by atoms with E-state index in [1.165, 1.54) is 0 Å². The van der Waals surface area contributed by atoms with Crippen LogP contribution in [0.15, 0.2) is 18.2 Å². The minimum atomic E-state index is 0.0788. The molecule has 0 spiro atoms. The summed E-state index contributed by atoms with van der Waals surface area (Å²) in [6.07, 6.45) is 0.774. The molecule has 0 aliphatic rings. The lowest BCUT2D eigenvalue weighted by molar-refractivity contribution is 0.207. The zero-order valence-electron chi connectivity index (χ0n) is 10.3. The molecule has 0 aliphatic heterocycles. The molecule has 0 radical (unpaired) electrons. The van der Waals surface area contributed by atoms with Crippen LogP contribution in [0.3, 0.4) is 0 Å². The van der Waals surface area contributed by atoms with Gasteiger partial charge in [0.15, 0.2) is 0 Å². The Morgan fingerprint density at radius 3 is 2.65 bits per heavy atom. The van der Waals surface area contributed by atoms with Crippen LogP contribution in [0.1, 0.15) is 25.8 Å². The van der Waals surface area contributed by atoms with Gasteiger partial charge >= 0.3 is 0 Å². The Morgan fingerprint density at radius 1 is 1.35 bits per heavy atom. The molecular formula is C13H20ClNO2. The lowest BCUT2D eigenvalue weighted by Gasteiger charge is -2.24. The van der Waals surface area contributed by atoms with Crippen molar-refractivity contribution in [3.05, 3.63) is 28.8 Å². The van der Waals surface area contributed by atoms with Crippen LogP contribution >= 0.6 is 11.6 Å². The van der Waals surface area contributed by atoms with Gasteiger partial charge in [-0.25, -0.2) is 0 Å². The number of aliphatic hydroxyl groups excluding tert-OH is 1. The van der Waals surface area contributed by atoms with Gasteiger partial charge in [-0.15, -0.1) is 0 Å². The molecule has 0 saturated carbocycles. The summed E-state index contributed by atoms with van der Waals surface area (Å²) >= 11 is 5.82. The lowest BCUT2D eigenvalue weighted by atomic mass is 9.90. The van der Waals surface area contributed by atoms with Gasteiger partial charge in [0.1, 0.15) is 5.75 Å². The van der Waals surface area contributed by atoms with E-state index in [1.54, 1.807) is 12.1 Å². The van der Waals surface area contributed by atoms with Crippen LogP contribution in [-0.4, -0.2) is 23.4 Å². The summed E-state index contributed by atoms with van der Waals surface area (Å²) in [5, 5.41) is 21.9. The molecule has 0 saturated heterocycles. The quantitative estimate of drug-likeness (QED) is 0.734. The number of hydrogen-bond acceptors (Lipinski definition) is 3. The van der Waals surface area contributed by atoms with Gasteiger partial charge < -0.3 is 15.5 Å². The molecule has 0 aliphatic carbocycles. The van der Waals surface area contributed by atoms with Crippen LogP contribution in [-0.2, 0) is 6.54 Å². The van der Waals surface area contributed by atoms with E-state index >= 15 is 0 Å². The third-order valence-corrected chi connectivity index (χ3v) is 3.04. The molecule has 1 aromatic carbocycles. The predicted molar refractivity (Wildman–Crippen MR) is 70.3 cm³/mol. The summed E-state index contributed by atoms with van der Waals surface area (Å²) in [5.41, 5.74) is 1.11. The lowest BCUT2D eigenvalue weighted by Crippen LogP contribution is -2.29. The zero-order chi connectivity index (χ0) is 12.9. The van der Waals surface area contributed by atoms with E-state index in [0.29, 0.717) is 11.6 Å². The Morgan fingerprint density at radius 2 is 2.06 bits per heavy atom. The largest absolute Gasteiger partial charge is 0.506 e. The van der Waals surface area contributed by atoms with Crippen molar-refractivity contribution in [2.75, 3.05) is 13.2 Å². The number of hydrogen-bond donors (Lipinski definition) is 3. The molecule has 96 valence electrons. The zero-order valence-corrected chi connectivity index (χ0v) is 11.1. The minimum absolute atomic E-state index is 0.0788. The maximum Gasteiger partial charge on any atom is 0.134 e. The number of phenols is 1. The van der Waals surface area contributed by atoms with Crippen molar-refractivity contribution in [2.45, 2.75) is 26.8 Å². The predicted octanol–water partition coefficient (Wildman–Crippen LogP) is 2.54. The summed E-state index contributed by atoms with van der Waals surface area (Å²) < 4.78 is 0. The third-order valence-electron chi connectivity index (χ3n) is 2.73. The molecule has 1 aromatic rings. The SMILES string of the molecule is CC(C)(CCO)CNCc1ccc(O)c(Cl)c1. The number of rotatable bonds is 6. The maximum atomic E-state index is 9.29. The van der Waals surface area contributed by atoms with E-state index in [4.69, 9.17) is 16.7 Å². The molecule has 0 aromatic heterocycles. The Kier molecular flexibility index (Phi) is 5.25. The first-order chi connectivity index (χ1) is 7.94. The molecular weight excluding hydrogens is 238 g/mol. The summed E-state index contributed by atoms with van der Waals surface area (Å²) in [5.74, 6) is 0.107. The number of aliphatic hydroxyl groups is 1. The van der Waals surface area contributed by atoms with Crippen molar-refractivity contribution >= 4 is 11.6 Å². The topological polar surface area (TPSA) is 52.5 Å². The molecule has 4 heteroatoms.